The second-order valence-corrected chi connectivity index (χ2v) is 4.01. The third-order valence-electron chi connectivity index (χ3n) is 2.79. The number of benzene rings is 1. The van der Waals surface area contributed by atoms with Gasteiger partial charge in [-0.2, -0.15) is 0 Å². The van der Waals surface area contributed by atoms with Gasteiger partial charge < -0.3 is 5.32 Å². The molecule has 0 fully saturated rings. The summed E-state index contributed by atoms with van der Waals surface area (Å²) in [6.45, 7) is 2.14. The summed E-state index contributed by atoms with van der Waals surface area (Å²) in [5.41, 5.74) is 0.817. The van der Waals surface area contributed by atoms with Crippen LogP contribution in [0, 0.1) is 11.6 Å². The molecule has 3 heteroatoms. The first-order valence-electron chi connectivity index (χ1n) is 5.81. The fourth-order valence-electron chi connectivity index (χ4n) is 1.81. The molecule has 1 rings (SSSR count). The van der Waals surface area contributed by atoms with E-state index in [-0.39, 0.29) is 6.04 Å². The maximum Gasteiger partial charge on any atom is 0.159 e. The maximum atomic E-state index is 13.1. The third kappa shape index (κ3) is 3.56. The van der Waals surface area contributed by atoms with Crippen molar-refractivity contribution in [3.63, 3.8) is 0 Å². The molecule has 0 bridgehead atoms. The van der Waals surface area contributed by atoms with Crippen LogP contribution in [-0.2, 0) is 0 Å². The fourth-order valence-corrected chi connectivity index (χ4v) is 1.81. The van der Waals surface area contributed by atoms with Gasteiger partial charge in [-0.15, -0.1) is 0 Å². The van der Waals surface area contributed by atoms with E-state index in [4.69, 9.17) is 0 Å². The fraction of sp³-hybridized carbons (Fsp3) is 0.538. The van der Waals surface area contributed by atoms with E-state index in [1.165, 1.54) is 18.6 Å². The molecule has 0 heterocycles. The molecule has 1 nitrogen and oxygen atoms in total. The Morgan fingerprint density at radius 3 is 2.50 bits per heavy atom. The van der Waals surface area contributed by atoms with Crippen LogP contribution >= 0.6 is 0 Å². The van der Waals surface area contributed by atoms with Gasteiger partial charge in [0, 0.05) is 6.04 Å². The van der Waals surface area contributed by atoms with Gasteiger partial charge in [-0.3, -0.25) is 0 Å². The van der Waals surface area contributed by atoms with E-state index < -0.39 is 11.6 Å². The van der Waals surface area contributed by atoms with Crippen molar-refractivity contribution in [1.29, 1.82) is 0 Å². The summed E-state index contributed by atoms with van der Waals surface area (Å²) in [7, 11) is 1.85. The zero-order chi connectivity index (χ0) is 12.0. The summed E-state index contributed by atoms with van der Waals surface area (Å²) in [6.07, 6.45) is 4.38. The van der Waals surface area contributed by atoms with E-state index in [1.807, 2.05) is 7.05 Å². The van der Waals surface area contributed by atoms with Gasteiger partial charge in [0.15, 0.2) is 11.6 Å². The van der Waals surface area contributed by atoms with Gasteiger partial charge in [-0.25, -0.2) is 8.78 Å². The minimum atomic E-state index is -0.785. The molecule has 0 aromatic heterocycles. The number of rotatable bonds is 6. The van der Waals surface area contributed by atoms with E-state index in [0.717, 1.165) is 24.8 Å². The Labute approximate surface area is 95.9 Å². The lowest BCUT2D eigenvalue weighted by Gasteiger charge is -2.16. The lowest BCUT2D eigenvalue weighted by Crippen LogP contribution is -2.16. The molecule has 1 atom stereocenters. The van der Waals surface area contributed by atoms with Crippen LogP contribution in [0.2, 0.25) is 0 Å². The summed E-state index contributed by atoms with van der Waals surface area (Å²) in [5.74, 6) is -1.56. The molecule has 16 heavy (non-hydrogen) atoms. The van der Waals surface area contributed by atoms with Gasteiger partial charge >= 0.3 is 0 Å². The summed E-state index contributed by atoms with van der Waals surface area (Å²) in [4.78, 5) is 0. The molecule has 1 aromatic carbocycles. The van der Waals surface area contributed by atoms with Gasteiger partial charge in [-0.1, -0.05) is 32.3 Å². The molecule has 0 aliphatic heterocycles. The Morgan fingerprint density at radius 1 is 1.19 bits per heavy atom. The lowest BCUT2D eigenvalue weighted by molar-refractivity contribution is 0.487. The predicted octanol–water partition coefficient (Wildman–Crippen LogP) is 3.81. The molecule has 0 saturated carbocycles. The van der Waals surface area contributed by atoms with Gasteiger partial charge in [0.1, 0.15) is 0 Å². The number of hydrogen-bond donors (Lipinski definition) is 1. The molecule has 0 amide bonds. The normalized spacial score (nSPS) is 12.8. The van der Waals surface area contributed by atoms with Crippen LogP contribution in [0.25, 0.3) is 0 Å². The van der Waals surface area contributed by atoms with Crippen LogP contribution in [0.1, 0.15) is 44.2 Å². The van der Waals surface area contributed by atoms with Crippen LogP contribution in [0.15, 0.2) is 18.2 Å². The van der Waals surface area contributed by atoms with Crippen molar-refractivity contribution < 1.29 is 8.78 Å². The van der Waals surface area contributed by atoms with Crippen molar-refractivity contribution in [2.75, 3.05) is 7.05 Å². The van der Waals surface area contributed by atoms with Crippen molar-refractivity contribution >= 4 is 0 Å². The molecular formula is C13H19F2N. The zero-order valence-electron chi connectivity index (χ0n) is 9.89. The highest BCUT2D eigenvalue weighted by Gasteiger charge is 2.11. The second-order valence-electron chi connectivity index (χ2n) is 4.01. The zero-order valence-corrected chi connectivity index (χ0v) is 9.89. The van der Waals surface area contributed by atoms with Crippen LogP contribution in [-0.4, -0.2) is 7.05 Å². The van der Waals surface area contributed by atoms with E-state index in [1.54, 1.807) is 6.07 Å². The Morgan fingerprint density at radius 2 is 1.94 bits per heavy atom. The molecule has 1 aromatic rings. The minimum Gasteiger partial charge on any atom is -0.313 e. The molecule has 0 spiro atoms. The molecular weight excluding hydrogens is 208 g/mol. The first-order chi connectivity index (χ1) is 7.69. The largest absolute Gasteiger partial charge is 0.313 e. The van der Waals surface area contributed by atoms with Gasteiger partial charge in [-0.05, 0) is 31.2 Å². The molecule has 90 valence electrons. The summed E-state index contributed by atoms with van der Waals surface area (Å²) >= 11 is 0. The first kappa shape index (κ1) is 13.1. The van der Waals surface area contributed by atoms with Gasteiger partial charge in [0.25, 0.3) is 0 Å². The summed E-state index contributed by atoms with van der Waals surface area (Å²) in [6, 6.07) is 4.23. The molecule has 0 saturated heterocycles. The highest BCUT2D eigenvalue weighted by molar-refractivity contribution is 5.21. The second kappa shape index (κ2) is 6.59. The van der Waals surface area contributed by atoms with Crippen molar-refractivity contribution in [3.05, 3.63) is 35.4 Å². The molecule has 1 N–H and O–H groups in total. The Kier molecular flexibility index (Phi) is 5.39. The SMILES string of the molecule is CCCCCC(NC)c1ccc(F)c(F)c1. The predicted molar refractivity (Wildman–Crippen MR) is 62.3 cm³/mol. The van der Waals surface area contributed by atoms with Crippen LogP contribution < -0.4 is 5.32 Å². The topological polar surface area (TPSA) is 12.0 Å². The van der Waals surface area contributed by atoms with Gasteiger partial charge in [0.05, 0.1) is 0 Å². The Bertz CT molecular complexity index is 326. The lowest BCUT2D eigenvalue weighted by atomic mass is 10.0. The summed E-state index contributed by atoms with van der Waals surface area (Å²) < 4.78 is 25.8. The number of unbranched alkanes of at least 4 members (excludes halogenated alkanes) is 2. The number of hydrogen-bond acceptors (Lipinski definition) is 1. The maximum absolute atomic E-state index is 13.1. The Hall–Kier alpha value is -0.960. The van der Waals surface area contributed by atoms with E-state index in [9.17, 15) is 8.78 Å². The summed E-state index contributed by atoms with van der Waals surface area (Å²) in [5, 5.41) is 3.13. The molecule has 0 aliphatic carbocycles. The average molecular weight is 227 g/mol. The standard InChI is InChI=1S/C13H19F2N/c1-3-4-5-6-13(16-2)10-7-8-11(14)12(15)9-10/h7-9,13,16H,3-6H2,1-2H3. The van der Waals surface area contributed by atoms with E-state index in [2.05, 4.69) is 12.2 Å². The molecule has 0 radical (unpaired) electrons. The third-order valence-corrected chi connectivity index (χ3v) is 2.79. The monoisotopic (exact) mass is 227 g/mol. The van der Waals surface area contributed by atoms with E-state index >= 15 is 0 Å². The Balaban J connectivity index is 2.67. The van der Waals surface area contributed by atoms with E-state index in [0.29, 0.717) is 0 Å². The highest BCUT2D eigenvalue weighted by Crippen LogP contribution is 2.21. The van der Waals surface area contributed by atoms with Crippen molar-refractivity contribution in [2.24, 2.45) is 0 Å². The molecule has 0 aliphatic rings. The smallest absolute Gasteiger partial charge is 0.159 e. The average Bonchev–Trinajstić information content (AvgIpc) is 2.29. The van der Waals surface area contributed by atoms with Crippen molar-refractivity contribution in [2.45, 2.75) is 38.6 Å². The van der Waals surface area contributed by atoms with Crippen LogP contribution in [0.3, 0.4) is 0 Å². The van der Waals surface area contributed by atoms with Crippen molar-refractivity contribution in [3.8, 4) is 0 Å². The number of halogens is 2. The number of nitrogens with one attached hydrogen (secondary N) is 1. The quantitative estimate of drug-likeness (QED) is 0.729. The molecule has 1 unspecified atom stereocenters. The first-order valence-corrected chi connectivity index (χ1v) is 5.81. The van der Waals surface area contributed by atoms with Crippen LogP contribution in [0.5, 0.6) is 0 Å². The minimum absolute atomic E-state index is 0.113. The van der Waals surface area contributed by atoms with Crippen molar-refractivity contribution in [1.82, 2.24) is 5.32 Å². The highest BCUT2D eigenvalue weighted by atomic mass is 19.2. The van der Waals surface area contributed by atoms with Gasteiger partial charge in [0.2, 0.25) is 0 Å². The van der Waals surface area contributed by atoms with Crippen LogP contribution in [0.4, 0.5) is 8.78 Å².